The Hall–Kier alpha value is -3.42. The molecule has 8 heteroatoms. The molecule has 28 heavy (non-hydrogen) atoms. The topological polar surface area (TPSA) is 85.2 Å². The number of carbonyl (C=O) groups is 1. The van der Waals surface area contributed by atoms with Crippen LogP contribution in [0.15, 0.2) is 54.6 Å². The van der Waals surface area contributed by atoms with E-state index in [2.05, 4.69) is 20.8 Å². The van der Waals surface area contributed by atoms with Crippen LogP contribution in [0.1, 0.15) is 24.7 Å². The molecule has 1 saturated carbocycles. The smallest absolute Gasteiger partial charge is 0.243 e. The third-order valence-electron chi connectivity index (χ3n) is 4.60. The summed E-state index contributed by atoms with van der Waals surface area (Å²) in [5.41, 5.74) is 1.63. The monoisotopic (exact) mass is 378 g/mol. The van der Waals surface area contributed by atoms with Gasteiger partial charge in [-0.05, 0) is 47.5 Å². The zero-order valence-corrected chi connectivity index (χ0v) is 15.7. The second kappa shape index (κ2) is 8.08. The summed E-state index contributed by atoms with van der Waals surface area (Å²) < 4.78 is 7.08. The normalized spacial score (nSPS) is 13.2. The molecule has 0 unspecified atom stereocenters. The number of nitrogens with one attached hydrogen (secondary N) is 1. The van der Waals surface area contributed by atoms with Gasteiger partial charge in [0.05, 0.1) is 26.2 Å². The summed E-state index contributed by atoms with van der Waals surface area (Å²) in [6.45, 7) is 0.637. The molecule has 8 nitrogen and oxygen atoms in total. The minimum atomic E-state index is -0.123. The average Bonchev–Trinajstić information content (AvgIpc) is 3.47. The molecule has 1 aliphatic rings. The Morgan fingerprint density at radius 3 is 2.79 bits per heavy atom. The Balaban J connectivity index is 1.50. The molecule has 0 bridgehead atoms. The van der Waals surface area contributed by atoms with Crippen molar-refractivity contribution in [1.29, 1.82) is 0 Å². The minimum absolute atomic E-state index is 0.123. The van der Waals surface area contributed by atoms with Gasteiger partial charge in [-0.2, -0.15) is 0 Å². The maximum absolute atomic E-state index is 12.7. The van der Waals surface area contributed by atoms with Gasteiger partial charge in [-0.1, -0.05) is 24.3 Å². The van der Waals surface area contributed by atoms with Crippen LogP contribution in [0.3, 0.4) is 0 Å². The number of rotatable bonds is 8. The van der Waals surface area contributed by atoms with E-state index in [4.69, 9.17) is 4.74 Å². The van der Waals surface area contributed by atoms with E-state index in [9.17, 15) is 4.79 Å². The van der Waals surface area contributed by atoms with E-state index in [1.165, 1.54) is 0 Å². The van der Waals surface area contributed by atoms with Crippen molar-refractivity contribution < 1.29 is 9.53 Å². The maximum Gasteiger partial charge on any atom is 0.243 e. The zero-order valence-electron chi connectivity index (χ0n) is 15.7. The average molecular weight is 378 g/mol. The number of hydrogen-bond donors (Lipinski definition) is 1. The molecule has 0 atom stereocenters. The van der Waals surface area contributed by atoms with Gasteiger partial charge < -0.3 is 15.0 Å². The molecular formula is C20H22N6O2. The van der Waals surface area contributed by atoms with Crippen molar-refractivity contribution in [2.24, 2.45) is 0 Å². The molecule has 1 N–H and O–H groups in total. The number of methoxy groups -OCH3 is 1. The summed E-state index contributed by atoms with van der Waals surface area (Å²) in [5.74, 6) is 1.34. The van der Waals surface area contributed by atoms with Crippen molar-refractivity contribution in [3.05, 3.63) is 60.4 Å². The van der Waals surface area contributed by atoms with Gasteiger partial charge >= 0.3 is 0 Å². The Morgan fingerprint density at radius 2 is 2.04 bits per heavy atom. The summed E-state index contributed by atoms with van der Waals surface area (Å²) in [6.07, 6.45) is 2.19. The molecule has 0 spiro atoms. The number of aromatic nitrogens is 4. The van der Waals surface area contributed by atoms with E-state index in [0.717, 1.165) is 24.4 Å². The number of anilines is 2. The van der Waals surface area contributed by atoms with Crippen molar-refractivity contribution in [3.63, 3.8) is 0 Å². The molecule has 4 rings (SSSR count). The van der Waals surface area contributed by atoms with E-state index in [1.807, 2.05) is 58.1 Å². The predicted molar refractivity (Wildman–Crippen MR) is 105 cm³/mol. The van der Waals surface area contributed by atoms with Gasteiger partial charge in [-0.3, -0.25) is 4.79 Å². The Kier molecular flexibility index (Phi) is 5.18. The lowest BCUT2D eigenvalue weighted by Gasteiger charge is -2.23. The second-order valence-electron chi connectivity index (χ2n) is 6.74. The van der Waals surface area contributed by atoms with Gasteiger partial charge in [-0.25, -0.2) is 4.68 Å². The van der Waals surface area contributed by atoms with Gasteiger partial charge in [0.1, 0.15) is 5.75 Å². The highest BCUT2D eigenvalue weighted by Gasteiger charge is 2.28. The molecule has 0 saturated heterocycles. The number of nitrogens with zero attached hydrogens (tertiary/aromatic N) is 5. The van der Waals surface area contributed by atoms with Crippen molar-refractivity contribution in [3.8, 4) is 5.75 Å². The Bertz CT molecular complexity index is 939. The van der Waals surface area contributed by atoms with Crippen molar-refractivity contribution in [1.82, 2.24) is 20.2 Å². The standard InChI is InChI=1S/C20H22N6O2/c1-28-18-9-5-6-15(12-18)21-20(27)14-25(16-7-3-2-4-8-16)13-19-22-23-24-26(19)17-10-11-17/h2-9,12,17H,10-11,13-14H2,1H3,(H,21,27). The van der Waals surface area contributed by atoms with Gasteiger partial charge in [0.15, 0.2) is 5.82 Å². The number of ether oxygens (including phenoxy) is 1. The highest BCUT2D eigenvalue weighted by molar-refractivity contribution is 5.94. The number of hydrogen-bond acceptors (Lipinski definition) is 6. The van der Waals surface area contributed by atoms with Gasteiger partial charge in [0.2, 0.25) is 5.91 Å². The summed E-state index contributed by atoms with van der Waals surface area (Å²) in [6, 6.07) is 17.5. The molecule has 1 heterocycles. The van der Waals surface area contributed by atoms with E-state index in [-0.39, 0.29) is 12.5 Å². The lowest BCUT2D eigenvalue weighted by molar-refractivity contribution is -0.115. The van der Waals surface area contributed by atoms with Gasteiger partial charge in [0, 0.05) is 17.4 Å². The lowest BCUT2D eigenvalue weighted by Crippen LogP contribution is -2.33. The molecule has 2 aromatic carbocycles. The fourth-order valence-electron chi connectivity index (χ4n) is 3.04. The quantitative estimate of drug-likeness (QED) is 0.649. The SMILES string of the molecule is COc1cccc(NC(=O)CN(Cc2nnnn2C2CC2)c2ccccc2)c1. The third kappa shape index (κ3) is 4.28. The number of tetrazole rings is 1. The van der Waals surface area contributed by atoms with Crippen LogP contribution < -0.4 is 15.0 Å². The number of benzene rings is 2. The van der Waals surface area contributed by atoms with E-state index >= 15 is 0 Å². The Morgan fingerprint density at radius 1 is 1.21 bits per heavy atom. The van der Waals surface area contributed by atoms with Crippen LogP contribution >= 0.6 is 0 Å². The molecule has 3 aromatic rings. The fraction of sp³-hybridized carbons (Fsp3) is 0.300. The number of amides is 1. The molecule has 1 fully saturated rings. The third-order valence-corrected chi connectivity index (χ3v) is 4.60. The van der Waals surface area contributed by atoms with Gasteiger partial charge in [0.25, 0.3) is 0 Å². The number of carbonyl (C=O) groups excluding carboxylic acids is 1. The van der Waals surface area contributed by atoms with Crippen LogP contribution in [-0.2, 0) is 11.3 Å². The summed E-state index contributed by atoms with van der Waals surface area (Å²) in [5, 5.41) is 15.0. The van der Waals surface area contributed by atoms with E-state index < -0.39 is 0 Å². The van der Waals surface area contributed by atoms with Crippen LogP contribution in [0.2, 0.25) is 0 Å². The zero-order chi connectivity index (χ0) is 19.3. The summed E-state index contributed by atoms with van der Waals surface area (Å²) in [4.78, 5) is 14.7. The van der Waals surface area contributed by atoms with Crippen molar-refractivity contribution in [2.75, 3.05) is 23.9 Å². The van der Waals surface area contributed by atoms with Crippen molar-refractivity contribution >= 4 is 17.3 Å². The Labute approximate surface area is 163 Å². The molecule has 1 amide bonds. The highest BCUT2D eigenvalue weighted by atomic mass is 16.5. The van der Waals surface area contributed by atoms with Crippen LogP contribution in [0.4, 0.5) is 11.4 Å². The van der Waals surface area contributed by atoms with E-state index in [1.54, 1.807) is 13.2 Å². The maximum atomic E-state index is 12.7. The number of para-hydroxylation sites is 1. The van der Waals surface area contributed by atoms with E-state index in [0.29, 0.717) is 24.0 Å². The summed E-state index contributed by atoms with van der Waals surface area (Å²) >= 11 is 0. The largest absolute Gasteiger partial charge is 0.497 e. The highest BCUT2D eigenvalue weighted by Crippen LogP contribution is 2.34. The lowest BCUT2D eigenvalue weighted by atomic mass is 10.2. The first-order chi connectivity index (χ1) is 13.7. The van der Waals surface area contributed by atoms with Crippen LogP contribution in [0.5, 0.6) is 5.75 Å². The molecule has 1 aliphatic carbocycles. The molecule has 0 aliphatic heterocycles. The first-order valence-corrected chi connectivity index (χ1v) is 9.23. The molecule has 1 aromatic heterocycles. The van der Waals surface area contributed by atoms with Crippen LogP contribution in [0, 0.1) is 0 Å². The summed E-state index contributed by atoms with van der Waals surface area (Å²) in [7, 11) is 1.60. The minimum Gasteiger partial charge on any atom is -0.497 e. The fourth-order valence-corrected chi connectivity index (χ4v) is 3.04. The molecular weight excluding hydrogens is 356 g/mol. The second-order valence-corrected chi connectivity index (χ2v) is 6.74. The molecule has 0 radical (unpaired) electrons. The van der Waals surface area contributed by atoms with Gasteiger partial charge in [-0.15, -0.1) is 5.10 Å². The van der Waals surface area contributed by atoms with Crippen LogP contribution in [0.25, 0.3) is 0 Å². The molecule has 144 valence electrons. The first-order valence-electron chi connectivity index (χ1n) is 9.23. The van der Waals surface area contributed by atoms with Crippen molar-refractivity contribution in [2.45, 2.75) is 25.4 Å². The van der Waals surface area contributed by atoms with Crippen LogP contribution in [-0.4, -0.2) is 39.8 Å². The predicted octanol–water partition coefficient (Wildman–Crippen LogP) is 2.66. The first kappa shape index (κ1) is 18.0.